The Kier molecular flexibility index (Phi) is 2.26. The second-order valence-electron chi connectivity index (χ2n) is 4.60. The Morgan fingerprint density at radius 1 is 1.59 bits per heavy atom. The van der Waals surface area contributed by atoms with Crippen LogP contribution in [0.5, 0.6) is 0 Å². The van der Waals surface area contributed by atoms with Gasteiger partial charge in [0, 0.05) is 18.0 Å². The number of carbonyl (C=O) groups is 1. The number of nitrogens with one attached hydrogen (secondary N) is 1. The Bertz CT molecular complexity index is 512. The molecule has 0 bridgehead atoms. The predicted molar refractivity (Wildman–Crippen MR) is 64.9 cm³/mol. The van der Waals surface area contributed by atoms with E-state index in [9.17, 15) is 4.79 Å². The minimum absolute atomic E-state index is 0.00671. The molecule has 0 radical (unpaired) electrons. The predicted octanol–water partition coefficient (Wildman–Crippen LogP) is 1.42. The van der Waals surface area contributed by atoms with Gasteiger partial charge in [-0.2, -0.15) is 0 Å². The van der Waals surface area contributed by atoms with Crippen molar-refractivity contribution in [3.8, 4) is 0 Å². The fourth-order valence-electron chi connectivity index (χ4n) is 2.63. The SMILES string of the molecule is CC1NC(C(=O)O)CC2=C3C=CCC=C3N=C21. The van der Waals surface area contributed by atoms with Crippen LogP contribution in [-0.4, -0.2) is 28.9 Å². The highest BCUT2D eigenvalue weighted by Gasteiger charge is 2.36. The molecular weight excluding hydrogens is 216 g/mol. The highest BCUT2D eigenvalue weighted by Crippen LogP contribution is 2.35. The number of hydrogen-bond acceptors (Lipinski definition) is 3. The zero-order chi connectivity index (χ0) is 12.0. The molecule has 2 atom stereocenters. The molecule has 0 amide bonds. The molecule has 2 N–H and O–H groups in total. The fourth-order valence-corrected chi connectivity index (χ4v) is 2.63. The van der Waals surface area contributed by atoms with Crippen molar-refractivity contribution in [1.82, 2.24) is 5.32 Å². The largest absolute Gasteiger partial charge is 0.480 e. The Morgan fingerprint density at radius 3 is 3.18 bits per heavy atom. The third-order valence-corrected chi connectivity index (χ3v) is 3.45. The molecule has 4 nitrogen and oxygen atoms in total. The number of aliphatic carboxylic acids is 1. The fraction of sp³-hybridized carbons (Fsp3) is 0.385. The first-order valence-corrected chi connectivity index (χ1v) is 5.85. The monoisotopic (exact) mass is 230 g/mol. The Labute approximate surface area is 99.4 Å². The van der Waals surface area contributed by atoms with Gasteiger partial charge in [-0.25, -0.2) is 0 Å². The van der Waals surface area contributed by atoms with E-state index in [2.05, 4.69) is 28.5 Å². The average molecular weight is 230 g/mol. The van der Waals surface area contributed by atoms with Crippen molar-refractivity contribution >= 4 is 11.7 Å². The summed E-state index contributed by atoms with van der Waals surface area (Å²) < 4.78 is 0. The van der Waals surface area contributed by atoms with E-state index in [1.165, 1.54) is 0 Å². The Hall–Kier alpha value is -1.68. The molecule has 0 aromatic carbocycles. The van der Waals surface area contributed by atoms with Crippen LogP contribution in [0.15, 0.2) is 40.1 Å². The van der Waals surface area contributed by atoms with Crippen LogP contribution in [0, 0.1) is 0 Å². The van der Waals surface area contributed by atoms with E-state index >= 15 is 0 Å². The third kappa shape index (κ3) is 1.56. The number of allylic oxidation sites excluding steroid dienone is 3. The van der Waals surface area contributed by atoms with Crippen LogP contribution in [0.25, 0.3) is 0 Å². The maximum absolute atomic E-state index is 11.1. The van der Waals surface area contributed by atoms with Crippen molar-refractivity contribution in [1.29, 1.82) is 0 Å². The van der Waals surface area contributed by atoms with E-state index in [0.717, 1.165) is 29.0 Å². The zero-order valence-electron chi connectivity index (χ0n) is 9.60. The van der Waals surface area contributed by atoms with Crippen molar-refractivity contribution in [2.45, 2.75) is 31.8 Å². The summed E-state index contributed by atoms with van der Waals surface area (Å²) in [5.74, 6) is -0.791. The van der Waals surface area contributed by atoms with Gasteiger partial charge < -0.3 is 5.11 Å². The number of nitrogens with zero attached hydrogens (tertiary/aromatic N) is 1. The van der Waals surface area contributed by atoms with Gasteiger partial charge in [0.25, 0.3) is 0 Å². The minimum atomic E-state index is -0.791. The van der Waals surface area contributed by atoms with Gasteiger partial charge in [0.15, 0.2) is 0 Å². The van der Waals surface area contributed by atoms with Crippen molar-refractivity contribution in [2.24, 2.45) is 4.99 Å². The van der Waals surface area contributed by atoms with Crippen LogP contribution in [-0.2, 0) is 4.79 Å². The van der Waals surface area contributed by atoms with Crippen LogP contribution < -0.4 is 5.32 Å². The van der Waals surface area contributed by atoms with Gasteiger partial charge in [0.05, 0.1) is 11.4 Å². The summed E-state index contributed by atoms with van der Waals surface area (Å²) in [5.41, 5.74) is 4.24. The molecule has 0 aromatic rings. The van der Waals surface area contributed by atoms with E-state index in [1.807, 2.05) is 6.92 Å². The van der Waals surface area contributed by atoms with Gasteiger partial charge in [-0.3, -0.25) is 15.1 Å². The first-order chi connectivity index (χ1) is 8.16. The number of aliphatic imine (C=N–C) groups is 1. The molecule has 88 valence electrons. The maximum Gasteiger partial charge on any atom is 0.321 e. The van der Waals surface area contributed by atoms with Crippen LogP contribution >= 0.6 is 0 Å². The first-order valence-electron chi connectivity index (χ1n) is 5.85. The lowest BCUT2D eigenvalue weighted by molar-refractivity contribution is -0.139. The van der Waals surface area contributed by atoms with Crippen LogP contribution in [0.4, 0.5) is 0 Å². The molecule has 0 aromatic heterocycles. The maximum atomic E-state index is 11.1. The van der Waals surface area contributed by atoms with Gasteiger partial charge >= 0.3 is 5.97 Å². The van der Waals surface area contributed by atoms with Crippen molar-refractivity contribution in [2.75, 3.05) is 0 Å². The van der Waals surface area contributed by atoms with E-state index < -0.39 is 12.0 Å². The summed E-state index contributed by atoms with van der Waals surface area (Å²) >= 11 is 0. The van der Waals surface area contributed by atoms with E-state index in [0.29, 0.717) is 6.42 Å². The normalized spacial score (nSPS) is 30.6. The Morgan fingerprint density at radius 2 is 2.41 bits per heavy atom. The van der Waals surface area contributed by atoms with Gasteiger partial charge in [-0.15, -0.1) is 0 Å². The summed E-state index contributed by atoms with van der Waals surface area (Å²) in [6, 6.07) is -0.492. The molecule has 1 fully saturated rings. The molecular formula is C13H14N2O2. The third-order valence-electron chi connectivity index (χ3n) is 3.45. The second-order valence-corrected chi connectivity index (χ2v) is 4.60. The Balaban J connectivity index is 2.04. The number of rotatable bonds is 1. The molecule has 0 spiro atoms. The number of carboxylic acid groups (broad SMARTS) is 1. The lowest BCUT2D eigenvalue weighted by atomic mass is 9.88. The lowest BCUT2D eigenvalue weighted by Gasteiger charge is -2.28. The first kappa shape index (κ1) is 10.5. The molecule has 1 saturated heterocycles. The van der Waals surface area contributed by atoms with Crippen LogP contribution in [0.2, 0.25) is 0 Å². The molecule has 2 aliphatic heterocycles. The smallest absolute Gasteiger partial charge is 0.321 e. The number of fused-ring (bicyclic) bond motifs is 2. The van der Waals surface area contributed by atoms with E-state index in [4.69, 9.17) is 5.11 Å². The number of hydrogen-bond donors (Lipinski definition) is 2. The zero-order valence-corrected chi connectivity index (χ0v) is 9.60. The molecule has 1 aliphatic carbocycles. The van der Waals surface area contributed by atoms with Gasteiger partial charge in [0.2, 0.25) is 0 Å². The van der Waals surface area contributed by atoms with Gasteiger partial charge in [-0.1, -0.05) is 18.2 Å². The van der Waals surface area contributed by atoms with E-state index in [1.54, 1.807) is 0 Å². The minimum Gasteiger partial charge on any atom is -0.480 e. The summed E-state index contributed by atoms with van der Waals surface area (Å²) in [4.78, 5) is 15.7. The molecule has 0 saturated carbocycles. The number of carboxylic acids is 1. The quantitative estimate of drug-likeness (QED) is 0.716. The summed E-state index contributed by atoms with van der Waals surface area (Å²) in [6.45, 7) is 1.97. The summed E-state index contributed by atoms with van der Waals surface area (Å²) in [7, 11) is 0. The highest BCUT2D eigenvalue weighted by molar-refractivity contribution is 6.10. The van der Waals surface area contributed by atoms with Crippen molar-refractivity contribution in [3.63, 3.8) is 0 Å². The molecule has 3 aliphatic rings. The van der Waals surface area contributed by atoms with E-state index in [-0.39, 0.29) is 6.04 Å². The standard InChI is InChI=1S/C13H14N2O2/c1-7-12-9(6-11(14-7)13(16)17)8-4-2-3-5-10(8)15-12/h2,4-5,7,11,14H,3,6H2,1H3,(H,16,17). The molecule has 2 heterocycles. The lowest BCUT2D eigenvalue weighted by Crippen LogP contribution is -2.50. The van der Waals surface area contributed by atoms with Crippen LogP contribution in [0.3, 0.4) is 0 Å². The van der Waals surface area contributed by atoms with Crippen molar-refractivity contribution < 1.29 is 9.90 Å². The molecule has 4 heteroatoms. The topological polar surface area (TPSA) is 61.7 Å². The second kappa shape index (κ2) is 3.67. The summed E-state index contributed by atoms with van der Waals surface area (Å²) in [6.07, 6.45) is 7.68. The average Bonchev–Trinajstić information content (AvgIpc) is 2.68. The van der Waals surface area contributed by atoms with Gasteiger partial charge in [-0.05, 0) is 18.9 Å². The summed E-state index contributed by atoms with van der Waals surface area (Å²) in [5, 5.41) is 12.2. The number of piperidine rings is 1. The van der Waals surface area contributed by atoms with Crippen molar-refractivity contribution in [3.05, 3.63) is 35.1 Å². The van der Waals surface area contributed by atoms with Crippen LogP contribution in [0.1, 0.15) is 19.8 Å². The molecule has 2 unspecified atom stereocenters. The highest BCUT2D eigenvalue weighted by atomic mass is 16.4. The molecule has 17 heavy (non-hydrogen) atoms. The molecule has 3 rings (SSSR count). The van der Waals surface area contributed by atoms with Gasteiger partial charge in [0.1, 0.15) is 6.04 Å².